The Balaban J connectivity index is 2.17. The first kappa shape index (κ1) is 9.59. The Morgan fingerprint density at radius 3 is 3.00 bits per heavy atom. The zero-order valence-electron chi connectivity index (χ0n) is 8.75. The van der Waals surface area contributed by atoms with E-state index in [2.05, 4.69) is 10.3 Å². The highest BCUT2D eigenvalue weighted by Gasteiger charge is 2.33. The van der Waals surface area contributed by atoms with Crippen molar-refractivity contribution in [2.24, 2.45) is 5.73 Å². The first-order valence-electron chi connectivity index (χ1n) is 5.47. The Bertz CT molecular complexity index is 520. The second-order valence-electron chi connectivity index (χ2n) is 4.51. The van der Waals surface area contributed by atoms with Gasteiger partial charge in [-0.3, -0.25) is 9.59 Å². The molecule has 3 rings (SSSR count). The average molecular weight is 219 g/mol. The summed E-state index contributed by atoms with van der Waals surface area (Å²) in [6.45, 7) is 0. The molecule has 0 aromatic carbocycles. The third kappa shape index (κ3) is 1.28. The predicted molar refractivity (Wildman–Crippen MR) is 58.2 cm³/mol. The monoisotopic (exact) mass is 219 g/mol. The highest BCUT2D eigenvalue weighted by Crippen LogP contribution is 2.34. The molecule has 5 heteroatoms. The third-order valence-corrected chi connectivity index (χ3v) is 3.49. The van der Waals surface area contributed by atoms with Crippen LogP contribution in [0.4, 0.5) is 0 Å². The number of rotatable bonds is 1. The van der Waals surface area contributed by atoms with E-state index in [4.69, 9.17) is 5.73 Å². The largest absolute Gasteiger partial charge is 0.365 e. The van der Waals surface area contributed by atoms with E-state index < -0.39 is 5.91 Å². The minimum Gasteiger partial charge on any atom is -0.365 e. The van der Waals surface area contributed by atoms with E-state index in [-0.39, 0.29) is 17.2 Å². The molecule has 2 aliphatic heterocycles. The summed E-state index contributed by atoms with van der Waals surface area (Å²) in [5.41, 5.74) is 6.85. The summed E-state index contributed by atoms with van der Waals surface area (Å²) in [7, 11) is 0. The van der Waals surface area contributed by atoms with Crippen molar-refractivity contribution in [3.63, 3.8) is 0 Å². The van der Waals surface area contributed by atoms with Crippen LogP contribution in [0.25, 0.3) is 0 Å². The SMILES string of the molecule is NC(=O)c1cc2c([nH]c1=O)CC1CCC2N1. The summed E-state index contributed by atoms with van der Waals surface area (Å²) in [5.74, 6) is -0.663. The Labute approximate surface area is 92.0 Å². The van der Waals surface area contributed by atoms with Crippen molar-refractivity contribution in [2.45, 2.75) is 31.3 Å². The molecular formula is C11H13N3O2. The molecule has 1 aromatic rings. The van der Waals surface area contributed by atoms with Gasteiger partial charge in [0, 0.05) is 24.2 Å². The summed E-state index contributed by atoms with van der Waals surface area (Å²) in [5, 5.41) is 3.46. The summed E-state index contributed by atoms with van der Waals surface area (Å²) in [6.07, 6.45) is 3.01. The quantitative estimate of drug-likeness (QED) is 0.612. The lowest BCUT2D eigenvalue weighted by atomic mass is 9.98. The standard InChI is InChI=1S/C11H13N3O2/c12-10(15)7-4-6-8-2-1-5(13-8)3-9(6)14-11(7)16/h4-5,8,13H,1-3H2,(H2,12,15)(H,14,16). The smallest absolute Gasteiger partial charge is 0.261 e. The number of fused-ring (bicyclic) bond motifs is 4. The first-order chi connectivity index (χ1) is 7.65. The number of amides is 1. The van der Waals surface area contributed by atoms with Gasteiger partial charge in [-0.05, 0) is 24.5 Å². The van der Waals surface area contributed by atoms with Crippen LogP contribution in [0.1, 0.15) is 40.5 Å². The Morgan fingerprint density at radius 2 is 2.25 bits per heavy atom. The Hall–Kier alpha value is -1.62. The zero-order chi connectivity index (χ0) is 11.3. The van der Waals surface area contributed by atoms with Crippen LogP contribution in [0.15, 0.2) is 10.9 Å². The van der Waals surface area contributed by atoms with Gasteiger partial charge in [-0.25, -0.2) is 0 Å². The van der Waals surface area contributed by atoms with E-state index in [0.29, 0.717) is 6.04 Å². The molecule has 16 heavy (non-hydrogen) atoms. The number of carbonyl (C=O) groups is 1. The number of aromatic nitrogens is 1. The minimum atomic E-state index is -0.663. The molecule has 0 spiro atoms. The maximum atomic E-state index is 11.6. The number of hydrogen-bond donors (Lipinski definition) is 3. The molecule has 2 unspecified atom stereocenters. The number of pyridine rings is 1. The van der Waals surface area contributed by atoms with Crippen LogP contribution >= 0.6 is 0 Å². The van der Waals surface area contributed by atoms with Crippen molar-refractivity contribution in [2.75, 3.05) is 0 Å². The number of carbonyl (C=O) groups excluding carboxylic acids is 1. The molecule has 2 aliphatic rings. The van der Waals surface area contributed by atoms with E-state index in [1.54, 1.807) is 6.07 Å². The van der Waals surface area contributed by atoms with Gasteiger partial charge in [0.2, 0.25) is 0 Å². The maximum absolute atomic E-state index is 11.6. The number of nitrogens with one attached hydrogen (secondary N) is 2. The van der Waals surface area contributed by atoms with E-state index in [9.17, 15) is 9.59 Å². The summed E-state index contributed by atoms with van der Waals surface area (Å²) in [6, 6.07) is 2.38. The third-order valence-electron chi connectivity index (χ3n) is 3.49. The number of H-pyrrole nitrogens is 1. The fourth-order valence-corrected chi connectivity index (χ4v) is 2.72. The second-order valence-corrected chi connectivity index (χ2v) is 4.51. The first-order valence-corrected chi connectivity index (χ1v) is 5.47. The van der Waals surface area contributed by atoms with Gasteiger partial charge >= 0.3 is 0 Å². The lowest BCUT2D eigenvalue weighted by Gasteiger charge is -2.24. The van der Waals surface area contributed by atoms with Gasteiger partial charge in [0.15, 0.2) is 0 Å². The Kier molecular flexibility index (Phi) is 1.91. The molecule has 2 atom stereocenters. The molecule has 2 bridgehead atoms. The molecule has 1 fully saturated rings. The zero-order valence-corrected chi connectivity index (χ0v) is 8.75. The second kappa shape index (κ2) is 3.18. The van der Waals surface area contributed by atoms with Gasteiger partial charge < -0.3 is 16.0 Å². The fourth-order valence-electron chi connectivity index (χ4n) is 2.72. The Morgan fingerprint density at radius 1 is 1.44 bits per heavy atom. The number of aromatic amines is 1. The molecule has 0 aliphatic carbocycles. The topological polar surface area (TPSA) is 88.0 Å². The van der Waals surface area contributed by atoms with Crippen LogP contribution in [-0.4, -0.2) is 16.9 Å². The fraction of sp³-hybridized carbons (Fsp3) is 0.455. The van der Waals surface area contributed by atoms with Crippen molar-refractivity contribution in [1.29, 1.82) is 0 Å². The van der Waals surface area contributed by atoms with E-state index >= 15 is 0 Å². The van der Waals surface area contributed by atoms with E-state index in [1.165, 1.54) is 0 Å². The number of hydrogen-bond acceptors (Lipinski definition) is 3. The van der Waals surface area contributed by atoms with Crippen molar-refractivity contribution in [3.05, 3.63) is 33.2 Å². The molecule has 3 heterocycles. The van der Waals surface area contributed by atoms with Crippen LogP contribution in [0, 0.1) is 0 Å². The van der Waals surface area contributed by atoms with Crippen LogP contribution in [-0.2, 0) is 6.42 Å². The van der Waals surface area contributed by atoms with E-state index in [1.807, 2.05) is 0 Å². The molecular weight excluding hydrogens is 206 g/mol. The van der Waals surface area contributed by atoms with Gasteiger partial charge in [0.25, 0.3) is 11.5 Å². The molecule has 0 saturated carbocycles. The molecule has 0 radical (unpaired) electrons. The van der Waals surface area contributed by atoms with Gasteiger partial charge in [-0.2, -0.15) is 0 Å². The maximum Gasteiger partial charge on any atom is 0.261 e. The lowest BCUT2D eigenvalue weighted by Crippen LogP contribution is -2.35. The number of primary amides is 1. The summed E-state index contributed by atoms with van der Waals surface area (Å²) >= 11 is 0. The van der Waals surface area contributed by atoms with Gasteiger partial charge in [-0.15, -0.1) is 0 Å². The summed E-state index contributed by atoms with van der Waals surface area (Å²) < 4.78 is 0. The number of nitrogens with two attached hydrogens (primary N) is 1. The molecule has 5 nitrogen and oxygen atoms in total. The van der Waals surface area contributed by atoms with Crippen molar-refractivity contribution in [3.8, 4) is 0 Å². The molecule has 4 N–H and O–H groups in total. The molecule has 1 aromatic heterocycles. The minimum absolute atomic E-state index is 0.0610. The van der Waals surface area contributed by atoms with E-state index in [0.717, 1.165) is 30.5 Å². The van der Waals surface area contributed by atoms with Crippen LogP contribution in [0.2, 0.25) is 0 Å². The van der Waals surface area contributed by atoms with Gasteiger partial charge in [0.05, 0.1) is 0 Å². The average Bonchev–Trinajstić information content (AvgIpc) is 2.60. The van der Waals surface area contributed by atoms with Crippen molar-refractivity contribution >= 4 is 5.91 Å². The predicted octanol–water partition coefficient (Wildman–Crippen LogP) is -0.177. The highest BCUT2D eigenvalue weighted by molar-refractivity contribution is 5.92. The van der Waals surface area contributed by atoms with Gasteiger partial charge in [0.1, 0.15) is 5.56 Å². The highest BCUT2D eigenvalue weighted by atomic mass is 16.2. The van der Waals surface area contributed by atoms with Crippen molar-refractivity contribution in [1.82, 2.24) is 10.3 Å². The lowest BCUT2D eigenvalue weighted by molar-refractivity contribution is 0.0998. The van der Waals surface area contributed by atoms with Crippen LogP contribution in [0.5, 0.6) is 0 Å². The molecule has 84 valence electrons. The normalized spacial score (nSPS) is 26.5. The molecule has 1 amide bonds. The molecule has 1 saturated heterocycles. The van der Waals surface area contributed by atoms with Crippen LogP contribution < -0.4 is 16.6 Å². The van der Waals surface area contributed by atoms with Crippen LogP contribution in [0.3, 0.4) is 0 Å². The van der Waals surface area contributed by atoms with Gasteiger partial charge in [-0.1, -0.05) is 0 Å². The van der Waals surface area contributed by atoms with Crippen molar-refractivity contribution < 1.29 is 4.79 Å². The summed E-state index contributed by atoms with van der Waals surface area (Å²) in [4.78, 5) is 25.5.